The Hall–Kier alpha value is -1.62. The van der Waals surface area contributed by atoms with Gasteiger partial charge in [-0.2, -0.15) is 0 Å². The number of halogens is 1. The molecule has 0 aliphatic heterocycles. The van der Waals surface area contributed by atoms with Gasteiger partial charge in [0.15, 0.2) is 5.75 Å². The number of pyridine rings is 1. The Morgan fingerprint density at radius 2 is 2.21 bits per heavy atom. The molecule has 0 spiro atoms. The lowest BCUT2D eigenvalue weighted by Gasteiger charge is -2.04. The molecule has 5 nitrogen and oxygen atoms in total. The second kappa shape index (κ2) is 2.95. The molecule has 1 N–H and O–H groups in total. The first kappa shape index (κ1) is 8.96. The SMILES string of the molecule is Cn1c(=O)c(O)cc2c(Cl)ncnc21. The van der Waals surface area contributed by atoms with Gasteiger partial charge in [0.25, 0.3) is 5.56 Å². The summed E-state index contributed by atoms with van der Waals surface area (Å²) in [6.45, 7) is 0. The molecule has 0 amide bonds. The molecule has 0 aliphatic rings. The average Bonchev–Trinajstić information content (AvgIpc) is 2.17. The van der Waals surface area contributed by atoms with Crippen LogP contribution >= 0.6 is 11.6 Å². The number of aromatic nitrogens is 3. The summed E-state index contributed by atoms with van der Waals surface area (Å²) < 4.78 is 1.22. The number of nitrogens with zero attached hydrogens (tertiary/aromatic N) is 3. The number of fused-ring (bicyclic) bond motifs is 1. The molecule has 14 heavy (non-hydrogen) atoms. The summed E-state index contributed by atoms with van der Waals surface area (Å²) >= 11 is 5.78. The number of rotatable bonds is 0. The Morgan fingerprint density at radius 3 is 2.93 bits per heavy atom. The van der Waals surface area contributed by atoms with Gasteiger partial charge in [0.2, 0.25) is 0 Å². The van der Waals surface area contributed by atoms with E-state index in [1.807, 2.05) is 0 Å². The van der Waals surface area contributed by atoms with E-state index in [0.29, 0.717) is 11.0 Å². The highest BCUT2D eigenvalue weighted by atomic mass is 35.5. The summed E-state index contributed by atoms with van der Waals surface area (Å²) in [6.07, 6.45) is 1.27. The third kappa shape index (κ3) is 1.13. The maximum Gasteiger partial charge on any atom is 0.294 e. The zero-order chi connectivity index (χ0) is 10.3. The molecule has 72 valence electrons. The fraction of sp³-hybridized carbons (Fsp3) is 0.125. The standard InChI is InChI=1S/C8H6ClN3O2/c1-12-7-4(2-5(13)8(12)14)6(9)10-3-11-7/h2-3,13H,1H3. The predicted octanol–water partition coefficient (Wildman–Crippen LogP) is 0.687. The second-order valence-corrected chi connectivity index (χ2v) is 3.15. The summed E-state index contributed by atoms with van der Waals surface area (Å²) in [6, 6.07) is 1.26. The van der Waals surface area contributed by atoms with Gasteiger partial charge in [-0.25, -0.2) is 9.97 Å². The van der Waals surface area contributed by atoms with E-state index in [1.165, 1.54) is 24.0 Å². The lowest BCUT2D eigenvalue weighted by Crippen LogP contribution is -2.17. The topological polar surface area (TPSA) is 68.0 Å². The Bertz CT molecular complexity index is 564. The lowest BCUT2D eigenvalue weighted by atomic mass is 10.3. The Balaban J connectivity index is 3.06. The average molecular weight is 212 g/mol. The minimum absolute atomic E-state index is 0.209. The molecule has 2 aromatic heterocycles. The lowest BCUT2D eigenvalue weighted by molar-refractivity contribution is 0.463. The molecule has 0 saturated carbocycles. The van der Waals surface area contributed by atoms with Crippen LogP contribution in [-0.2, 0) is 7.05 Å². The van der Waals surface area contributed by atoms with Gasteiger partial charge in [0.1, 0.15) is 17.1 Å². The van der Waals surface area contributed by atoms with Crippen LogP contribution in [0.4, 0.5) is 0 Å². The van der Waals surface area contributed by atoms with Crippen molar-refractivity contribution in [3.05, 3.63) is 27.9 Å². The predicted molar refractivity (Wildman–Crippen MR) is 51.5 cm³/mol. The summed E-state index contributed by atoms with van der Waals surface area (Å²) in [4.78, 5) is 19.0. The van der Waals surface area contributed by atoms with Crippen LogP contribution in [0.5, 0.6) is 5.75 Å². The van der Waals surface area contributed by atoms with Crippen molar-refractivity contribution in [1.29, 1.82) is 0 Å². The molecule has 0 aliphatic carbocycles. The van der Waals surface area contributed by atoms with Crippen LogP contribution < -0.4 is 5.56 Å². The number of hydrogen-bond acceptors (Lipinski definition) is 4. The molecule has 0 radical (unpaired) electrons. The van der Waals surface area contributed by atoms with Crippen molar-refractivity contribution >= 4 is 22.6 Å². The monoisotopic (exact) mass is 211 g/mol. The van der Waals surface area contributed by atoms with Gasteiger partial charge < -0.3 is 5.11 Å². The van der Waals surface area contributed by atoms with Crippen molar-refractivity contribution in [1.82, 2.24) is 14.5 Å². The molecule has 2 aromatic rings. The molecular formula is C8H6ClN3O2. The van der Waals surface area contributed by atoms with Crippen molar-refractivity contribution in [2.75, 3.05) is 0 Å². The minimum atomic E-state index is -0.507. The molecule has 0 fully saturated rings. The normalized spacial score (nSPS) is 10.7. The van der Waals surface area contributed by atoms with E-state index in [-0.39, 0.29) is 10.9 Å². The Morgan fingerprint density at radius 1 is 1.50 bits per heavy atom. The van der Waals surface area contributed by atoms with Crippen LogP contribution in [0.15, 0.2) is 17.2 Å². The number of aryl methyl sites for hydroxylation is 1. The highest BCUT2D eigenvalue weighted by molar-refractivity contribution is 6.33. The van der Waals surface area contributed by atoms with Crippen LogP contribution in [-0.4, -0.2) is 19.6 Å². The van der Waals surface area contributed by atoms with E-state index in [2.05, 4.69) is 9.97 Å². The summed E-state index contributed by atoms with van der Waals surface area (Å²) in [5, 5.41) is 9.94. The third-order valence-corrected chi connectivity index (χ3v) is 2.24. The fourth-order valence-corrected chi connectivity index (χ4v) is 1.41. The van der Waals surface area contributed by atoms with E-state index in [1.54, 1.807) is 0 Å². The van der Waals surface area contributed by atoms with E-state index in [0.717, 1.165) is 0 Å². The first-order chi connectivity index (χ1) is 6.61. The van der Waals surface area contributed by atoms with Crippen LogP contribution in [0.1, 0.15) is 0 Å². The maximum absolute atomic E-state index is 11.3. The highest BCUT2D eigenvalue weighted by Crippen LogP contribution is 2.19. The summed E-state index contributed by atoms with van der Waals surface area (Å²) in [5.41, 5.74) is -0.111. The summed E-state index contributed by atoms with van der Waals surface area (Å²) in [7, 11) is 1.51. The Kier molecular flexibility index (Phi) is 1.89. The van der Waals surface area contributed by atoms with Gasteiger partial charge in [-0.1, -0.05) is 11.6 Å². The van der Waals surface area contributed by atoms with Crippen LogP contribution in [0, 0.1) is 0 Å². The Labute approximate surface area is 83.6 Å². The zero-order valence-corrected chi connectivity index (χ0v) is 7.99. The van der Waals surface area contributed by atoms with Crippen molar-refractivity contribution in [3.8, 4) is 5.75 Å². The molecule has 2 heterocycles. The molecule has 0 aromatic carbocycles. The van der Waals surface area contributed by atoms with E-state index in [4.69, 9.17) is 11.6 Å². The summed E-state index contributed by atoms with van der Waals surface area (Å²) in [5.74, 6) is -0.364. The minimum Gasteiger partial charge on any atom is -0.503 e. The molecule has 2 rings (SSSR count). The third-order valence-electron chi connectivity index (χ3n) is 1.94. The molecule has 0 saturated heterocycles. The van der Waals surface area contributed by atoms with Gasteiger partial charge in [-0.05, 0) is 6.07 Å². The van der Waals surface area contributed by atoms with Gasteiger partial charge in [-0.3, -0.25) is 9.36 Å². The van der Waals surface area contributed by atoms with Crippen molar-refractivity contribution < 1.29 is 5.11 Å². The van der Waals surface area contributed by atoms with Crippen molar-refractivity contribution in [2.24, 2.45) is 7.05 Å². The van der Waals surface area contributed by atoms with E-state index < -0.39 is 5.56 Å². The molecule has 0 unspecified atom stereocenters. The molecule has 0 atom stereocenters. The highest BCUT2D eigenvalue weighted by Gasteiger charge is 2.08. The van der Waals surface area contributed by atoms with Gasteiger partial charge in [0, 0.05) is 7.05 Å². The fourth-order valence-electron chi connectivity index (χ4n) is 1.22. The van der Waals surface area contributed by atoms with Crippen LogP contribution in [0.3, 0.4) is 0 Å². The van der Waals surface area contributed by atoms with Gasteiger partial charge in [-0.15, -0.1) is 0 Å². The van der Waals surface area contributed by atoms with E-state index >= 15 is 0 Å². The number of aromatic hydroxyl groups is 1. The van der Waals surface area contributed by atoms with Gasteiger partial charge in [0.05, 0.1) is 5.39 Å². The quantitative estimate of drug-likeness (QED) is 0.651. The smallest absolute Gasteiger partial charge is 0.294 e. The molecule has 0 bridgehead atoms. The maximum atomic E-state index is 11.3. The van der Waals surface area contributed by atoms with Crippen LogP contribution in [0.25, 0.3) is 11.0 Å². The number of hydrogen-bond donors (Lipinski definition) is 1. The van der Waals surface area contributed by atoms with Crippen LogP contribution in [0.2, 0.25) is 5.15 Å². The van der Waals surface area contributed by atoms with Crippen molar-refractivity contribution in [2.45, 2.75) is 0 Å². The largest absolute Gasteiger partial charge is 0.503 e. The zero-order valence-electron chi connectivity index (χ0n) is 7.23. The van der Waals surface area contributed by atoms with E-state index in [9.17, 15) is 9.90 Å². The second-order valence-electron chi connectivity index (χ2n) is 2.80. The molecule has 6 heteroatoms. The van der Waals surface area contributed by atoms with Crippen molar-refractivity contribution in [3.63, 3.8) is 0 Å². The first-order valence-corrected chi connectivity index (χ1v) is 4.18. The molecular weight excluding hydrogens is 206 g/mol. The van der Waals surface area contributed by atoms with Gasteiger partial charge >= 0.3 is 0 Å². The first-order valence-electron chi connectivity index (χ1n) is 3.80.